The predicted octanol–water partition coefficient (Wildman–Crippen LogP) is 3.48. The van der Waals surface area contributed by atoms with E-state index in [1.165, 1.54) is 18.2 Å². The van der Waals surface area contributed by atoms with Crippen LogP contribution in [0.15, 0.2) is 58.4 Å². The number of alkyl halides is 3. The number of nitrogens with zero attached hydrogens (tertiary/aromatic N) is 1. The van der Waals surface area contributed by atoms with E-state index in [1.807, 2.05) is 0 Å². The Labute approximate surface area is 148 Å². The molecule has 2 aliphatic rings. The maximum Gasteiger partial charge on any atom is 0.416 e. The van der Waals surface area contributed by atoms with E-state index in [2.05, 4.69) is 9.71 Å². The lowest BCUT2D eigenvalue weighted by atomic mass is 9.94. The van der Waals surface area contributed by atoms with E-state index >= 15 is 0 Å². The molecule has 136 valence electrons. The summed E-state index contributed by atoms with van der Waals surface area (Å²) in [7, 11) is -3.62. The lowest BCUT2D eigenvalue weighted by Crippen LogP contribution is -2.24. The van der Waals surface area contributed by atoms with Crippen molar-refractivity contribution in [1.29, 1.82) is 0 Å². The summed E-state index contributed by atoms with van der Waals surface area (Å²) >= 11 is 0. The fraction of sp³-hybridized carbons (Fsp3) is 0.278. The molecule has 4 rings (SSSR count). The van der Waals surface area contributed by atoms with Crippen molar-refractivity contribution < 1.29 is 21.6 Å². The number of halogens is 3. The average molecular weight is 380 g/mol. The van der Waals surface area contributed by atoms with Crippen LogP contribution >= 0.6 is 0 Å². The smallest absolute Gasteiger partial charge is 0.266 e. The van der Waals surface area contributed by atoms with Gasteiger partial charge < -0.3 is 0 Å². The standard InChI is InChI=1S/C18H15F3N2O2S/c19-18(20,21)13-5-3-4-12(10-13)17(8-9-17)11-22-16-14-6-1-2-7-15(14)26(24,25)23-16/h1-7,10H,8-9,11H2,(H,22,23). The zero-order chi connectivity index (χ0) is 18.6. The Morgan fingerprint density at radius 2 is 1.81 bits per heavy atom. The van der Waals surface area contributed by atoms with Crippen LogP contribution in [0.2, 0.25) is 0 Å². The van der Waals surface area contributed by atoms with Crippen molar-refractivity contribution in [2.75, 3.05) is 6.54 Å². The lowest BCUT2D eigenvalue weighted by molar-refractivity contribution is -0.137. The molecule has 0 saturated heterocycles. The van der Waals surface area contributed by atoms with E-state index in [1.54, 1.807) is 24.3 Å². The van der Waals surface area contributed by atoms with Crippen LogP contribution in [0.1, 0.15) is 29.5 Å². The quantitative estimate of drug-likeness (QED) is 0.886. The monoisotopic (exact) mass is 380 g/mol. The molecule has 1 aliphatic carbocycles. The molecule has 1 heterocycles. The topological polar surface area (TPSA) is 58.5 Å². The second kappa shape index (κ2) is 5.57. The summed E-state index contributed by atoms with van der Waals surface area (Å²) in [5.74, 6) is 0.249. The van der Waals surface area contributed by atoms with Crippen molar-refractivity contribution >= 4 is 15.9 Å². The van der Waals surface area contributed by atoms with Crippen molar-refractivity contribution in [3.8, 4) is 0 Å². The van der Waals surface area contributed by atoms with Gasteiger partial charge in [-0.3, -0.25) is 9.71 Å². The first-order valence-corrected chi connectivity index (χ1v) is 9.54. The molecule has 1 aliphatic heterocycles. The van der Waals surface area contributed by atoms with Crippen LogP contribution in [0.5, 0.6) is 0 Å². The fourth-order valence-corrected chi connectivity index (χ4v) is 4.45. The summed E-state index contributed by atoms with van der Waals surface area (Å²) < 4.78 is 65.5. The molecule has 26 heavy (non-hydrogen) atoms. The van der Waals surface area contributed by atoms with Crippen molar-refractivity contribution in [2.45, 2.75) is 29.3 Å². The van der Waals surface area contributed by atoms with Gasteiger partial charge >= 0.3 is 6.18 Å². The third-order valence-corrected chi connectivity index (χ3v) is 6.26. The molecule has 2 aromatic rings. The molecule has 1 saturated carbocycles. The number of hydrogen-bond acceptors (Lipinski definition) is 3. The summed E-state index contributed by atoms with van der Waals surface area (Å²) in [5, 5.41) is 0. The highest BCUT2D eigenvalue weighted by Crippen LogP contribution is 2.49. The third-order valence-electron chi connectivity index (χ3n) is 4.86. The molecular weight excluding hydrogens is 365 g/mol. The number of hydrogen-bond donors (Lipinski definition) is 1. The normalized spacial score (nSPS) is 21.3. The highest BCUT2D eigenvalue weighted by atomic mass is 32.2. The van der Waals surface area contributed by atoms with Crippen LogP contribution in [0.25, 0.3) is 0 Å². The van der Waals surface area contributed by atoms with Gasteiger partial charge in [0.15, 0.2) is 0 Å². The van der Waals surface area contributed by atoms with E-state index in [0.29, 0.717) is 11.1 Å². The highest BCUT2D eigenvalue weighted by molar-refractivity contribution is 7.90. The Kier molecular flexibility index (Phi) is 3.66. The first kappa shape index (κ1) is 17.1. The number of fused-ring (bicyclic) bond motifs is 1. The molecule has 1 fully saturated rings. The van der Waals surface area contributed by atoms with Gasteiger partial charge in [0.1, 0.15) is 5.84 Å². The van der Waals surface area contributed by atoms with Gasteiger partial charge in [0.2, 0.25) is 0 Å². The second-order valence-electron chi connectivity index (χ2n) is 6.63. The van der Waals surface area contributed by atoms with Crippen LogP contribution in [-0.2, 0) is 21.6 Å². The van der Waals surface area contributed by atoms with Crippen LogP contribution in [-0.4, -0.2) is 20.8 Å². The van der Waals surface area contributed by atoms with Gasteiger partial charge in [0.25, 0.3) is 10.0 Å². The van der Waals surface area contributed by atoms with E-state index in [0.717, 1.165) is 18.9 Å². The van der Waals surface area contributed by atoms with E-state index in [4.69, 9.17) is 0 Å². The number of rotatable bonds is 3. The van der Waals surface area contributed by atoms with Crippen LogP contribution in [0, 0.1) is 0 Å². The first-order valence-electron chi connectivity index (χ1n) is 8.06. The SMILES string of the molecule is O=S1(=O)NC(=NCC2(c3cccc(C(F)(F)F)c3)CC2)c2ccccc21. The Balaban J connectivity index is 1.64. The van der Waals surface area contributed by atoms with Crippen molar-refractivity contribution in [3.63, 3.8) is 0 Å². The largest absolute Gasteiger partial charge is 0.416 e. The molecule has 0 spiro atoms. The maximum absolute atomic E-state index is 13.0. The third kappa shape index (κ3) is 2.88. The van der Waals surface area contributed by atoms with Crippen molar-refractivity contribution in [1.82, 2.24) is 4.72 Å². The minimum absolute atomic E-state index is 0.169. The summed E-state index contributed by atoms with van der Waals surface area (Å²) in [5.41, 5.74) is -0.0592. The molecule has 0 aromatic heterocycles. The average Bonchev–Trinajstić information content (AvgIpc) is 3.34. The minimum atomic E-state index is -4.39. The Morgan fingerprint density at radius 1 is 1.08 bits per heavy atom. The van der Waals surface area contributed by atoms with Gasteiger partial charge in [-0.1, -0.05) is 30.3 Å². The van der Waals surface area contributed by atoms with Gasteiger partial charge in [0.05, 0.1) is 17.0 Å². The van der Waals surface area contributed by atoms with Gasteiger partial charge in [-0.05, 0) is 36.6 Å². The zero-order valence-corrected chi connectivity index (χ0v) is 14.4. The summed E-state index contributed by atoms with van der Waals surface area (Å²) in [6.45, 7) is 0.237. The molecule has 2 aromatic carbocycles. The molecule has 8 heteroatoms. The van der Waals surface area contributed by atoms with Gasteiger partial charge in [-0.25, -0.2) is 8.42 Å². The van der Waals surface area contributed by atoms with E-state index in [9.17, 15) is 21.6 Å². The molecule has 0 unspecified atom stereocenters. The van der Waals surface area contributed by atoms with Gasteiger partial charge in [0, 0.05) is 11.0 Å². The summed E-state index contributed by atoms with van der Waals surface area (Å²) in [6.07, 6.45) is -2.95. The summed E-state index contributed by atoms with van der Waals surface area (Å²) in [6, 6.07) is 11.8. The Hall–Kier alpha value is -2.35. The van der Waals surface area contributed by atoms with Crippen LogP contribution in [0.4, 0.5) is 13.2 Å². The molecule has 1 N–H and O–H groups in total. The molecule has 0 radical (unpaired) electrons. The maximum atomic E-state index is 13.0. The van der Waals surface area contributed by atoms with Gasteiger partial charge in [-0.2, -0.15) is 13.2 Å². The highest BCUT2D eigenvalue weighted by Gasteiger charge is 2.45. The summed E-state index contributed by atoms with van der Waals surface area (Å²) in [4.78, 5) is 4.58. The van der Waals surface area contributed by atoms with Crippen LogP contribution in [0.3, 0.4) is 0 Å². The molecule has 4 nitrogen and oxygen atoms in total. The Morgan fingerprint density at radius 3 is 2.50 bits per heavy atom. The lowest BCUT2D eigenvalue weighted by Gasteiger charge is -2.16. The molecule has 0 bridgehead atoms. The van der Waals surface area contributed by atoms with Crippen molar-refractivity contribution in [3.05, 3.63) is 65.2 Å². The number of nitrogens with one attached hydrogen (secondary N) is 1. The first-order chi connectivity index (χ1) is 12.2. The molecular formula is C18H15F3N2O2S. The number of aliphatic imine (C=N–C) groups is 1. The van der Waals surface area contributed by atoms with Crippen LogP contribution < -0.4 is 4.72 Å². The van der Waals surface area contributed by atoms with Gasteiger partial charge in [-0.15, -0.1) is 0 Å². The van der Waals surface area contributed by atoms with E-state index in [-0.39, 0.29) is 17.3 Å². The molecule has 0 amide bonds. The fourth-order valence-electron chi connectivity index (χ4n) is 3.20. The molecule has 0 atom stereocenters. The van der Waals surface area contributed by atoms with E-state index < -0.39 is 27.2 Å². The predicted molar refractivity (Wildman–Crippen MR) is 90.5 cm³/mol. The zero-order valence-electron chi connectivity index (χ0n) is 13.5. The second-order valence-corrected chi connectivity index (χ2v) is 8.28. The van der Waals surface area contributed by atoms with Crippen molar-refractivity contribution in [2.24, 2.45) is 4.99 Å². The number of benzene rings is 2. The number of sulfonamides is 1. The Bertz CT molecular complexity index is 1010. The number of amidine groups is 1. The minimum Gasteiger partial charge on any atom is -0.266 e.